The summed E-state index contributed by atoms with van der Waals surface area (Å²) in [6, 6.07) is 29.3. The van der Waals surface area contributed by atoms with E-state index in [0.29, 0.717) is 52.5 Å². The highest BCUT2D eigenvalue weighted by Crippen LogP contribution is 2.38. The molecule has 224 valence electrons. The Morgan fingerprint density at radius 1 is 0.818 bits per heavy atom. The zero-order valence-corrected chi connectivity index (χ0v) is 25.1. The largest absolute Gasteiger partial charge is 0.496 e. The maximum Gasteiger partial charge on any atom is 0.337 e. The maximum atomic E-state index is 13.7. The van der Waals surface area contributed by atoms with E-state index >= 15 is 0 Å². The standard InChI is InChI=1S/C35H34N4O5/c1-38(2)20-21-39(34(41)28-12-8-9-13-30(28)43-3)26-17-15-25(16-18-26)36-32(23-10-6-5-7-11-23)31-27-19-14-24(35(42)44-4)22-29(27)37-33(31)40/h5-19,22,36H,20-21H2,1-4H3,(H,37,40)/b32-31-. The van der Waals surface area contributed by atoms with E-state index in [0.717, 1.165) is 16.9 Å². The summed E-state index contributed by atoms with van der Waals surface area (Å²) in [5.41, 5.74) is 5.35. The zero-order chi connectivity index (χ0) is 31.2. The van der Waals surface area contributed by atoms with E-state index in [4.69, 9.17) is 9.47 Å². The van der Waals surface area contributed by atoms with Gasteiger partial charge in [-0.2, -0.15) is 0 Å². The summed E-state index contributed by atoms with van der Waals surface area (Å²) in [4.78, 5) is 42.9. The summed E-state index contributed by atoms with van der Waals surface area (Å²) in [5, 5.41) is 6.33. The predicted octanol–water partition coefficient (Wildman–Crippen LogP) is 5.62. The molecule has 9 heteroatoms. The quantitative estimate of drug-likeness (QED) is 0.183. The molecule has 0 spiro atoms. The zero-order valence-electron chi connectivity index (χ0n) is 25.1. The fraction of sp³-hybridized carbons (Fsp3) is 0.171. The van der Waals surface area contributed by atoms with Crippen molar-refractivity contribution in [3.63, 3.8) is 0 Å². The molecule has 0 atom stereocenters. The number of fused-ring (bicyclic) bond motifs is 1. The first-order chi connectivity index (χ1) is 21.3. The SMILES string of the molecule is COC(=O)c1ccc2c(c1)NC(=O)/C2=C(\Nc1ccc(N(CCN(C)C)C(=O)c2ccccc2OC)cc1)c1ccccc1. The van der Waals surface area contributed by atoms with Gasteiger partial charge in [0, 0.05) is 30.0 Å². The van der Waals surface area contributed by atoms with Crippen LogP contribution in [-0.2, 0) is 9.53 Å². The Hall–Kier alpha value is -5.41. The number of nitrogens with zero attached hydrogens (tertiary/aromatic N) is 2. The van der Waals surface area contributed by atoms with Crippen molar-refractivity contribution < 1.29 is 23.9 Å². The van der Waals surface area contributed by atoms with E-state index in [2.05, 4.69) is 10.6 Å². The summed E-state index contributed by atoms with van der Waals surface area (Å²) >= 11 is 0. The van der Waals surface area contributed by atoms with Crippen LogP contribution >= 0.6 is 0 Å². The van der Waals surface area contributed by atoms with Crippen LogP contribution < -0.4 is 20.3 Å². The summed E-state index contributed by atoms with van der Waals surface area (Å²) in [6.45, 7) is 1.14. The molecule has 0 saturated carbocycles. The fourth-order valence-corrected chi connectivity index (χ4v) is 5.03. The number of rotatable bonds is 10. The number of nitrogens with one attached hydrogen (secondary N) is 2. The number of methoxy groups -OCH3 is 2. The molecule has 2 N–H and O–H groups in total. The number of likely N-dealkylation sites (N-methyl/N-ethyl adjacent to an activating group) is 1. The maximum absolute atomic E-state index is 13.7. The van der Waals surface area contributed by atoms with Crippen LogP contribution in [0, 0.1) is 0 Å². The second kappa shape index (κ2) is 13.3. The van der Waals surface area contributed by atoms with E-state index in [-0.39, 0.29) is 11.8 Å². The minimum absolute atomic E-state index is 0.164. The van der Waals surface area contributed by atoms with E-state index in [1.165, 1.54) is 7.11 Å². The normalized spacial score (nSPS) is 13.2. The average Bonchev–Trinajstić information content (AvgIpc) is 3.38. The molecule has 1 aliphatic heterocycles. The Labute approximate surface area is 256 Å². The fourth-order valence-electron chi connectivity index (χ4n) is 5.03. The van der Waals surface area contributed by atoms with E-state index < -0.39 is 5.97 Å². The Bertz CT molecular complexity index is 1720. The van der Waals surface area contributed by atoms with Crippen LogP contribution in [0.1, 0.15) is 31.8 Å². The van der Waals surface area contributed by atoms with Gasteiger partial charge in [0.05, 0.1) is 42.3 Å². The van der Waals surface area contributed by atoms with Crippen LogP contribution in [0.2, 0.25) is 0 Å². The van der Waals surface area contributed by atoms with Crippen LogP contribution in [0.15, 0.2) is 97.1 Å². The third-order valence-electron chi connectivity index (χ3n) is 7.30. The number of amides is 2. The van der Waals surface area contributed by atoms with Crippen molar-refractivity contribution >= 4 is 46.1 Å². The first-order valence-electron chi connectivity index (χ1n) is 14.1. The van der Waals surface area contributed by atoms with Crippen molar-refractivity contribution in [2.45, 2.75) is 0 Å². The van der Waals surface area contributed by atoms with Gasteiger partial charge in [0.2, 0.25) is 0 Å². The second-order valence-electron chi connectivity index (χ2n) is 10.5. The first kappa shape index (κ1) is 30.1. The van der Waals surface area contributed by atoms with Gasteiger partial charge in [0.25, 0.3) is 11.8 Å². The highest BCUT2D eigenvalue weighted by atomic mass is 16.5. The van der Waals surface area contributed by atoms with Gasteiger partial charge >= 0.3 is 5.97 Å². The molecular formula is C35H34N4O5. The monoisotopic (exact) mass is 590 g/mol. The number of carbonyl (C=O) groups excluding carboxylic acids is 3. The second-order valence-corrected chi connectivity index (χ2v) is 10.5. The molecule has 9 nitrogen and oxygen atoms in total. The van der Waals surface area contributed by atoms with Gasteiger partial charge < -0.3 is 29.9 Å². The van der Waals surface area contributed by atoms with Crippen molar-refractivity contribution in [1.82, 2.24) is 4.90 Å². The topological polar surface area (TPSA) is 100 Å². The minimum atomic E-state index is -0.482. The summed E-state index contributed by atoms with van der Waals surface area (Å²) in [7, 11) is 6.80. The number of carbonyl (C=O) groups is 3. The van der Waals surface area contributed by atoms with Crippen LogP contribution in [0.25, 0.3) is 11.3 Å². The Morgan fingerprint density at radius 3 is 2.20 bits per heavy atom. The molecule has 44 heavy (non-hydrogen) atoms. The number of hydrogen-bond donors (Lipinski definition) is 2. The van der Waals surface area contributed by atoms with Gasteiger partial charge in [-0.25, -0.2) is 4.79 Å². The molecule has 1 aliphatic rings. The van der Waals surface area contributed by atoms with Gasteiger partial charge in [0.1, 0.15) is 5.75 Å². The van der Waals surface area contributed by atoms with Crippen molar-refractivity contribution in [3.05, 3.63) is 119 Å². The molecule has 1 heterocycles. The van der Waals surface area contributed by atoms with Gasteiger partial charge in [0.15, 0.2) is 0 Å². The molecule has 0 fully saturated rings. The summed E-state index contributed by atoms with van der Waals surface area (Å²) < 4.78 is 10.3. The average molecular weight is 591 g/mol. The third kappa shape index (κ3) is 6.33. The molecule has 0 aliphatic carbocycles. The molecule has 4 aromatic rings. The van der Waals surface area contributed by atoms with Crippen molar-refractivity contribution in [2.24, 2.45) is 0 Å². The third-order valence-corrected chi connectivity index (χ3v) is 7.30. The minimum Gasteiger partial charge on any atom is -0.496 e. The molecule has 4 aromatic carbocycles. The first-order valence-corrected chi connectivity index (χ1v) is 14.1. The van der Waals surface area contributed by atoms with Crippen molar-refractivity contribution in [2.75, 3.05) is 56.9 Å². The van der Waals surface area contributed by atoms with E-state index in [1.807, 2.05) is 85.7 Å². The van der Waals surface area contributed by atoms with Gasteiger partial charge in [-0.1, -0.05) is 48.5 Å². The van der Waals surface area contributed by atoms with Crippen LogP contribution in [-0.4, -0.2) is 64.1 Å². The highest BCUT2D eigenvalue weighted by molar-refractivity contribution is 6.37. The number of anilines is 3. The molecule has 0 aromatic heterocycles. The molecule has 5 rings (SSSR count). The summed E-state index contributed by atoms with van der Waals surface area (Å²) in [5.74, 6) is -0.423. The lowest BCUT2D eigenvalue weighted by atomic mass is 9.99. The molecule has 0 unspecified atom stereocenters. The van der Waals surface area contributed by atoms with Crippen LogP contribution in [0.4, 0.5) is 17.1 Å². The molecule has 0 bridgehead atoms. The molecule has 0 radical (unpaired) electrons. The lowest BCUT2D eigenvalue weighted by Gasteiger charge is -2.26. The summed E-state index contributed by atoms with van der Waals surface area (Å²) in [6.07, 6.45) is 0. The number of benzene rings is 4. The van der Waals surface area contributed by atoms with Gasteiger partial charge in [-0.3, -0.25) is 9.59 Å². The number of ether oxygens (including phenoxy) is 2. The van der Waals surface area contributed by atoms with Crippen LogP contribution in [0.5, 0.6) is 5.75 Å². The van der Waals surface area contributed by atoms with Crippen molar-refractivity contribution in [3.8, 4) is 5.75 Å². The van der Waals surface area contributed by atoms with Gasteiger partial charge in [-0.05, 0) is 68.2 Å². The van der Waals surface area contributed by atoms with E-state index in [1.54, 1.807) is 42.3 Å². The highest BCUT2D eigenvalue weighted by Gasteiger charge is 2.29. The smallest absolute Gasteiger partial charge is 0.337 e. The number of esters is 1. The van der Waals surface area contributed by atoms with Crippen LogP contribution in [0.3, 0.4) is 0 Å². The predicted molar refractivity (Wildman–Crippen MR) is 173 cm³/mol. The van der Waals surface area contributed by atoms with E-state index in [9.17, 15) is 14.4 Å². The Balaban J connectivity index is 1.51. The molecular weight excluding hydrogens is 556 g/mol. The Kier molecular flexibility index (Phi) is 9.06. The lowest BCUT2D eigenvalue weighted by molar-refractivity contribution is -0.110. The number of hydrogen-bond acceptors (Lipinski definition) is 7. The van der Waals surface area contributed by atoms with Gasteiger partial charge in [-0.15, -0.1) is 0 Å². The molecule has 0 saturated heterocycles. The lowest BCUT2D eigenvalue weighted by Crippen LogP contribution is -2.37. The molecule has 2 amide bonds. The number of para-hydroxylation sites is 1. The van der Waals surface area contributed by atoms with Crippen molar-refractivity contribution in [1.29, 1.82) is 0 Å². The Morgan fingerprint density at radius 2 is 1.52 bits per heavy atom.